The van der Waals surface area contributed by atoms with Gasteiger partial charge in [-0.3, -0.25) is 0 Å². The number of nitrogens with zero attached hydrogens (tertiary/aromatic N) is 1. The molecular formula is C23H20ClNO. The molecule has 130 valence electrons. The summed E-state index contributed by atoms with van der Waals surface area (Å²) in [5, 5.41) is 3.20. The van der Waals surface area contributed by atoms with E-state index in [1.54, 1.807) is 0 Å². The van der Waals surface area contributed by atoms with Crippen molar-refractivity contribution in [2.45, 2.75) is 25.0 Å². The van der Waals surface area contributed by atoms with Crippen molar-refractivity contribution in [1.82, 2.24) is 0 Å². The van der Waals surface area contributed by atoms with Crippen molar-refractivity contribution in [3.63, 3.8) is 0 Å². The van der Waals surface area contributed by atoms with Gasteiger partial charge in [-0.2, -0.15) is 0 Å². The van der Waals surface area contributed by atoms with Gasteiger partial charge in [0.1, 0.15) is 5.75 Å². The van der Waals surface area contributed by atoms with E-state index in [4.69, 9.17) is 16.3 Å². The molecule has 1 spiro atoms. The lowest BCUT2D eigenvalue weighted by atomic mass is 9.76. The van der Waals surface area contributed by atoms with Crippen LogP contribution in [0.1, 0.15) is 25.0 Å². The summed E-state index contributed by atoms with van der Waals surface area (Å²) in [5.74, 6) is 0.921. The van der Waals surface area contributed by atoms with Gasteiger partial charge in [0.05, 0.1) is 5.41 Å². The van der Waals surface area contributed by atoms with Crippen molar-refractivity contribution in [2.24, 2.45) is 0 Å². The van der Waals surface area contributed by atoms with Crippen molar-refractivity contribution in [3.8, 4) is 5.75 Å². The minimum Gasteiger partial charge on any atom is -0.463 e. The maximum Gasteiger partial charge on any atom is 0.211 e. The maximum absolute atomic E-state index is 6.73. The molecular weight excluding hydrogens is 342 g/mol. The smallest absolute Gasteiger partial charge is 0.211 e. The second-order valence-corrected chi connectivity index (χ2v) is 8.11. The molecule has 2 heterocycles. The van der Waals surface area contributed by atoms with Crippen LogP contribution in [0.4, 0.5) is 5.69 Å². The molecule has 2 aliphatic rings. The molecule has 2 nitrogen and oxygen atoms in total. The van der Waals surface area contributed by atoms with E-state index < -0.39 is 5.72 Å². The van der Waals surface area contributed by atoms with Gasteiger partial charge in [-0.1, -0.05) is 41.9 Å². The third-order valence-corrected chi connectivity index (χ3v) is 6.29. The van der Waals surface area contributed by atoms with E-state index in [1.807, 2.05) is 6.07 Å². The van der Waals surface area contributed by atoms with Gasteiger partial charge in [0.15, 0.2) is 0 Å². The molecule has 0 aromatic heterocycles. The molecule has 0 amide bonds. The molecule has 3 heteroatoms. The fraction of sp³-hybridized carbons (Fsp3) is 0.217. The Kier molecular flexibility index (Phi) is 3.06. The first-order chi connectivity index (χ1) is 12.4. The Bertz CT molecular complexity index is 1080. The van der Waals surface area contributed by atoms with E-state index in [1.165, 1.54) is 16.3 Å². The Labute approximate surface area is 158 Å². The minimum absolute atomic E-state index is 0.248. The van der Waals surface area contributed by atoms with Crippen LogP contribution in [0.25, 0.3) is 16.8 Å². The summed E-state index contributed by atoms with van der Waals surface area (Å²) in [6, 6.07) is 18.7. The van der Waals surface area contributed by atoms with Gasteiger partial charge in [0.2, 0.25) is 5.72 Å². The van der Waals surface area contributed by atoms with Crippen LogP contribution in [0.2, 0.25) is 5.02 Å². The summed E-state index contributed by atoms with van der Waals surface area (Å²) in [5.41, 5.74) is 2.69. The number of hydrogen-bond acceptors (Lipinski definition) is 2. The van der Waals surface area contributed by atoms with Crippen LogP contribution in [-0.4, -0.2) is 12.8 Å². The van der Waals surface area contributed by atoms with E-state index >= 15 is 0 Å². The molecule has 1 atom stereocenters. The normalized spacial score (nSPS) is 22.4. The quantitative estimate of drug-likeness (QED) is 0.485. The Morgan fingerprint density at radius 3 is 2.65 bits per heavy atom. The number of rotatable bonds is 0. The number of benzene rings is 3. The number of fused-ring (bicyclic) bond motifs is 4. The predicted molar refractivity (Wildman–Crippen MR) is 109 cm³/mol. The highest BCUT2D eigenvalue weighted by molar-refractivity contribution is 6.30. The molecule has 2 aliphatic heterocycles. The molecule has 0 radical (unpaired) electrons. The monoisotopic (exact) mass is 361 g/mol. The summed E-state index contributed by atoms with van der Waals surface area (Å²) >= 11 is 6.29. The summed E-state index contributed by atoms with van der Waals surface area (Å²) in [4.78, 5) is 2.23. The van der Waals surface area contributed by atoms with Crippen LogP contribution < -0.4 is 9.64 Å². The second-order valence-electron chi connectivity index (χ2n) is 7.68. The summed E-state index contributed by atoms with van der Waals surface area (Å²) in [7, 11) is 2.10. The van der Waals surface area contributed by atoms with Gasteiger partial charge in [-0.05, 0) is 66.6 Å². The van der Waals surface area contributed by atoms with E-state index in [-0.39, 0.29) is 5.41 Å². The number of likely N-dealkylation sites (N-methyl/N-ethyl adjacent to an activating group) is 1. The highest BCUT2D eigenvalue weighted by Crippen LogP contribution is 2.55. The van der Waals surface area contributed by atoms with Gasteiger partial charge >= 0.3 is 0 Å². The van der Waals surface area contributed by atoms with Crippen LogP contribution in [0.3, 0.4) is 0 Å². The first kappa shape index (κ1) is 15.8. The average molecular weight is 362 g/mol. The Morgan fingerprint density at radius 1 is 1.00 bits per heavy atom. The zero-order valence-electron chi connectivity index (χ0n) is 15.1. The number of halogens is 1. The molecule has 3 aromatic rings. The van der Waals surface area contributed by atoms with Crippen molar-refractivity contribution in [2.75, 3.05) is 11.9 Å². The molecule has 5 rings (SSSR count). The topological polar surface area (TPSA) is 12.5 Å². The van der Waals surface area contributed by atoms with Crippen molar-refractivity contribution in [1.29, 1.82) is 0 Å². The summed E-state index contributed by atoms with van der Waals surface area (Å²) < 4.78 is 6.73. The maximum atomic E-state index is 6.73. The molecule has 0 saturated heterocycles. The van der Waals surface area contributed by atoms with Gasteiger partial charge in [0, 0.05) is 23.3 Å². The lowest BCUT2D eigenvalue weighted by molar-refractivity contribution is 0.0584. The van der Waals surface area contributed by atoms with E-state index in [0.717, 1.165) is 22.0 Å². The van der Waals surface area contributed by atoms with E-state index in [9.17, 15) is 0 Å². The van der Waals surface area contributed by atoms with Crippen LogP contribution in [0.15, 0.2) is 60.7 Å². The average Bonchev–Trinajstić information content (AvgIpc) is 2.80. The Hall–Kier alpha value is -2.45. The van der Waals surface area contributed by atoms with Gasteiger partial charge in [-0.15, -0.1) is 0 Å². The third kappa shape index (κ3) is 1.83. The molecule has 1 unspecified atom stereocenters. The van der Waals surface area contributed by atoms with Crippen molar-refractivity contribution in [3.05, 3.63) is 76.8 Å². The van der Waals surface area contributed by atoms with Crippen molar-refractivity contribution < 1.29 is 4.74 Å². The van der Waals surface area contributed by atoms with Crippen LogP contribution >= 0.6 is 11.6 Å². The minimum atomic E-state index is -0.574. The Balaban J connectivity index is 1.71. The predicted octanol–water partition coefficient (Wildman–Crippen LogP) is 6.02. The zero-order chi connectivity index (χ0) is 18.1. The molecule has 0 N–H and O–H groups in total. The fourth-order valence-electron chi connectivity index (χ4n) is 4.54. The van der Waals surface area contributed by atoms with Crippen LogP contribution in [0.5, 0.6) is 5.75 Å². The molecule has 26 heavy (non-hydrogen) atoms. The van der Waals surface area contributed by atoms with Gasteiger partial charge in [0.25, 0.3) is 0 Å². The summed E-state index contributed by atoms with van der Waals surface area (Å²) in [6.45, 7) is 4.45. The molecule has 3 aromatic carbocycles. The lowest BCUT2D eigenvalue weighted by Gasteiger charge is -2.46. The SMILES string of the molecule is CN1c2ccc(Cl)cc2C(C)(C)C12C=Cc1c(ccc3ccccc13)O2. The first-order valence-electron chi connectivity index (χ1n) is 8.88. The van der Waals surface area contributed by atoms with Crippen LogP contribution in [-0.2, 0) is 5.41 Å². The second kappa shape index (κ2) is 5.05. The fourth-order valence-corrected chi connectivity index (χ4v) is 4.72. The van der Waals surface area contributed by atoms with Crippen LogP contribution in [0, 0.1) is 0 Å². The van der Waals surface area contributed by atoms with E-state index in [0.29, 0.717) is 0 Å². The van der Waals surface area contributed by atoms with Gasteiger partial charge < -0.3 is 9.64 Å². The number of hydrogen-bond donors (Lipinski definition) is 0. The Morgan fingerprint density at radius 2 is 1.81 bits per heavy atom. The first-order valence-corrected chi connectivity index (χ1v) is 9.26. The highest BCUT2D eigenvalue weighted by atomic mass is 35.5. The molecule has 0 fully saturated rings. The standard InChI is InChI=1S/C23H20ClNO/c1-22(2)19-14-16(24)9-10-20(19)25(3)23(22)13-12-18-17-7-5-4-6-15(17)8-11-21(18)26-23/h4-14H,1-3H3. The summed E-state index contributed by atoms with van der Waals surface area (Å²) in [6.07, 6.45) is 4.42. The molecule has 0 saturated carbocycles. The highest BCUT2D eigenvalue weighted by Gasteiger charge is 2.57. The van der Waals surface area contributed by atoms with Gasteiger partial charge in [-0.25, -0.2) is 0 Å². The number of ether oxygens (including phenoxy) is 1. The number of anilines is 1. The largest absolute Gasteiger partial charge is 0.463 e. The third-order valence-electron chi connectivity index (χ3n) is 6.06. The van der Waals surface area contributed by atoms with E-state index in [2.05, 4.69) is 86.5 Å². The molecule has 0 aliphatic carbocycles. The zero-order valence-corrected chi connectivity index (χ0v) is 15.8. The lowest BCUT2D eigenvalue weighted by Crippen LogP contribution is -2.58. The van der Waals surface area contributed by atoms with Crippen molar-refractivity contribution >= 4 is 34.1 Å². The molecule has 0 bridgehead atoms.